The van der Waals surface area contributed by atoms with Crippen LogP contribution in [0.15, 0.2) is 66.3 Å². The lowest BCUT2D eigenvalue weighted by molar-refractivity contribution is -0.114. The second kappa shape index (κ2) is 8.00. The van der Waals surface area contributed by atoms with Crippen LogP contribution in [0.25, 0.3) is 16.3 Å². The van der Waals surface area contributed by atoms with Gasteiger partial charge in [0.25, 0.3) is 5.91 Å². The Balaban J connectivity index is 1.70. The predicted octanol–water partition coefficient (Wildman–Crippen LogP) is 5.65. The van der Waals surface area contributed by atoms with Gasteiger partial charge in [0, 0.05) is 23.3 Å². The second-order valence-corrected chi connectivity index (χ2v) is 8.11. The first-order chi connectivity index (χ1) is 13.2. The van der Waals surface area contributed by atoms with Crippen LogP contribution >= 0.6 is 34.3 Å². The number of hydrogen-bond acceptors (Lipinski definition) is 5. The first-order valence-electron chi connectivity index (χ1n) is 8.18. The number of amides is 1. The zero-order valence-electron chi connectivity index (χ0n) is 14.1. The molecule has 134 valence electrons. The number of anilines is 1. The van der Waals surface area contributed by atoms with Crippen molar-refractivity contribution in [3.63, 3.8) is 0 Å². The summed E-state index contributed by atoms with van der Waals surface area (Å²) in [5.74, 6) is -0.137. The van der Waals surface area contributed by atoms with E-state index in [2.05, 4.69) is 9.97 Å². The number of hydrogen-bond donors (Lipinski definition) is 0. The molecule has 4 rings (SSSR count). The maximum absolute atomic E-state index is 13.0. The molecule has 4 nitrogen and oxygen atoms in total. The molecule has 27 heavy (non-hydrogen) atoms. The molecule has 0 aliphatic carbocycles. The third-order valence-electron chi connectivity index (χ3n) is 3.85. The van der Waals surface area contributed by atoms with Crippen LogP contribution in [0.2, 0.25) is 5.02 Å². The van der Waals surface area contributed by atoms with E-state index in [0.29, 0.717) is 22.2 Å². The highest BCUT2D eigenvalue weighted by molar-refractivity contribution is 7.22. The minimum Gasteiger partial charge on any atom is -0.280 e. The molecular weight excluding hydrogens is 398 g/mol. The summed E-state index contributed by atoms with van der Waals surface area (Å²) in [5.41, 5.74) is 1.64. The normalized spacial score (nSPS) is 11.3. The molecule has 0 N–H and O–H groups in total. The Morgan fingerprint density at radius 1 is 1.19 bits per heavy atom. The lowest BCUT2D eigenvalue weighted by Gasteiger charge is -2.18. The van der Waals surface area contributed by atoms with E-state index < -0.39 is 0 Å². The Kier molecular flexibility index (Phi) is 5.29. The predicted molar refractivity (Wildman–Crippen MR) is 113 cm³/mol. The summed E-state index contributed by atoms with van der Waals surface area (Å²) >= 11 is 9.29. The van der Waals surface area contributed by atoms with E-state index in [9.17, 15) is 4.79 Å². The molecule has 3 aromatic heterocycles. The number of carbonyl (C=O) groups is 1. The molecule has 0 saturated heterocycles. The van der Waals surface area contributed by atoms with Crippen LogP contribution in [0, 0.1) is 0 Å². The summed E-state index contributed by atoms with van der Waals surface area (Å²) in [6.07, 6.45) is 6.87. The topological polar surface area (TPSA) is 46.1 Å². The third-order valence-corrected chi connectivity index (χ3v) is 6.04. The lowest BCUT2D eigenvalue weighted by atomic mass is 10.2. The van der Waals surface area contributed by atoms with E-state index in [1.165, 1.54) is 11.3 Å². The van der Waals surface area contributed by atoms with E-state index >= 15 is 0 Å². The Morgan fingerprint density at radius 2 is 2.11 bits per heavy atom. The van der Waals surface area contributed by atoms with Crippen LogP contribution in [0.1, 0.15) is 10.4 Å². The molecule has 0 saturated carbocycles. The number of thiazole rings is 1. The number of para-hydroxylation sites is 1. The minimum absolute atomic E-state index is 0.137. The number of fused-ring (bicyclic) bond motifs is 1. The second-order valence-electron chi connectivity index (χ2n) is 5.72. The lowest BCUT2D eigenvalue weighted by Crippen LogP contribution is -2.28. The number of aromatic nitrogens is 2. The average Bonchev–Trinajstić information content (AvgIpc) is 3.35. The molecule has 0 aliphatic heterocycles. The van der Waals surface area contributed by atoms with Crippen molar-refractivity contribution in [2.75, 3.05) is 4.90 Å². The number of pyridine rings is 1. The quantitative estimate of drug-likeness (QED) is 0.398. The summed E-state index contributed by atoms with van der Waals surface area (Å²) in [5, 5.41) is 3.17. The molecule has 0 unspecified atom stereocenters. The van der Waals surface area contributed by atoms with Crippen molar-refractivity contribution < 1.29 is 4.79 Å². The Morgan fingerprint density at radius 3 is 2.85 bits per heavy atom. The van der Waals surface area contributed by atoms with Gasteiger partial charge in [-0.25, -0.2) is 4.98 Å². The standard InChI is InChI=1S/C20H14ClN3OS2/c21-16-6-1-7-17-19(16)23-20(27-17)24(13-14-4-2-10-22-12-14)18(25)9-8-15-5-3-11-26-15/h1-12H,13H2/b9-8+. The van der Waals surface area contributed by atoms with Crippen LogP contribution in [-0.2, 0) is 11.3 Å². The van der Waals surface area contributed by atoms with Gasteiger partial charge in [-0.05, 0) is 41.3 Å². The number of rotatable bonds is 5. The molecule has 0 radical (unpaired) electrons. The Labute approximate surface area is 169 Å². The molecular formula is C20H14ClN3OS2. The zero-order chi connectivity index (χ0) is 18.6. The van der Waals surface area contributed by atoms with Crippen LogP contribution in [0.5, 0.6) is 0 Å². The average molecular weight is 412 g/mol. The van der Waals surface area contributed by atoms with E-state index in [1.54, 1.807) is 40.8 Å². The maximum Gasteiger partial charge on any atom is 0.253 e. The van der Waals surface area contributed by atoms with Gasteiger partial charge < -0.3 is 0 Å². The van der Waals surface area contributed by atoms with Gasteiger partial charge in [-0.1, -0.05) is 41.1 Å². The van der Waals surface area contributed by atoms with Crippen LogP contribution < -0.4 is 4.90 Å². The van der Waals surface area contributed by atoms with Gasteiger partial charge in [0.15, 0.2) is 5.13 Å². The van der Waals surface area contributed by atoms with Crippen molar-refractivity contribution in [3.05, 3.63) is 81.8 Å². The monoisotopic (exact) mass is 411 g/mol. The van der Waals surface area contributed by atoms with Crippen molar-refractivity contribution in [1.82, 2.24) is 9.97 Å². The molecule has 4 aromatic rings. The van der Waals surface area contributed by atoms with Gasteiger partial charge in [0.2, 0.25) is 0 Å². The third kappa shape index (κ3) is 4.08. The zero-order valence-corrected chi connectivity index (χ0v) is 16.5. The number of nitrogens with zero attached hydrogens (tertiary/aromatic N) is 3. The summed E-state index contributed by atoms with van der Waals surface area (Å²) in [7, 11) is 0. The van der Waals surface area contributed by atoms with Gasteiger partial charge in [-0.15, -0.1) is 11.3 Å². The van der Waals surface area contributed by atoms with Crippen molar-refractivity contribution in [3.8, 4) is 0 Å². The van der Waals surface area contributed by atoms with Crippen molar-refractivity contribution in [2.45, 2.75) is 6.54 Å². The molecule has 7 heteroatoms. The first kappa shape index (κ1) is 17.9. The van der Waals surface area contributed by atoms with E-state index in [4.69, 9.17) is 11.6 Å². The van der Waals surface area contributed by atoms with E-state index in [1.807, 2.05) is 47.9 Å². The smallest absolute Gasteiger partial charge is 0.253 e. The summed E-state index contributed by atoms with van der Waals surface area (Å²) < 4.78 is 0.948. The summed E-state index contributed by atoms with van der Waals surface area (Å²) in [6, 6.07) is 13.4. The summed E-state index contributed by atoms with van der Waals surface area (Å²) in [4.78, 5) is 24.4. The van der Waals surface area contributed by atoms with Crippen LogP contribution in [0.4, 0.5) is 5.13 Å². The highest BCUT2D eigenvalue weighted by Crippen LogP contribution is 2.33. The largest absolute Gasteiger partial charge is 0.280 e. The fourth-order valence-electron chi connectivity index (χ4n) is 2.56. The molecule has 3 heterocycles. The highest BCUT2D eigenvalue weighted by Gasteiger charge is 2.19. The molecule has 1 aromatic carbocycles. The molecule has 0 atom stereocenters. The van der Waals surface area contributed by atoms with Crippen molar-refractivity contribution >= 4 is 61.6 Å². The molecule has 0 spiro atoms. The van der Waals surface area contributed by atoms with Gasteiger partial charge >= 0.3 is 0 Å². The number of thiophene rings is 1. The van der Waals surface area contributed by atoms with Gasteiger partial charge in [0.05, 0.1) is 16.3 Å². The molecule has 0 fully saturated rings. The number of halogens is 1. The molecule has 0 bridgehead atoms. The fraction of sp³-hybridized carbons (Fsp3) is 0.0500. The van der Waals surface area contributed by atoms with Gasteiger partial charge in [0.1, 0.15) is 5.52 Å². The fourth-order valence-corrected chi connectivity index (χ4v) is 4.45. The number of benzene rings is 1. The Hall–Kier alpha value is -2.54. The Bertz CT molecular complexity index is 1090. The van der Waals surface area contributed by atoms with Crippen LogP contribution in [-0.4, -0.2) is 15.9 Å². The SMILES string of the molecule is O=C(/C=C/c1cccs1)N(Cc1cccnc1)c1nc2c(Cl)cccc2s1. The summed E-state index contributed by atoms with van der Waals surface area (Å²) in [6.45, 7) is 0.388. The van der Waals surface area contributed by atoms with Gasteiger partial charge in [-0.3, -0.25) is 14.7 Å². The van der Waals surface area contributed by atoms with Crippen LogP contribution in [0.3, 0.4) is 0 Å². The molecule has 0 aliphatic rings. The van der Waals surface area contributed by atoms with Gasteiger partial charge in [-0.2, -0.15) is 0 Å². The first-order valence-corrected chi connectivity index (χ1v) is 10.2. The molecule has 1 amide bonds. The highest BCUT2D eigenvalue weighted by atomic mass is 35.5. The van der Waals surface area contributed by atoms with E-state index in [0.717, 1.165) is 15.1 Å². The number of carbonyl (C=O) groups excluding carboxylic acids is 1. The van der Waals surface area contributed by atoms with E-state index in [-0.39, 0.29) is 5.91 Å². The minimum atomic E-state index is -0.137. The van der Waals surface area contributed by atoms with Crippen molar-refractivity contribution in [1.29, 1.82) is 0 Å². The van der Waals surface area contributed by atoms with Crippen molar-refractivity contribution in [2.24, 2.45) is 0 Å². The maximum atomic E-state index is 13.0.